The van der Waals surface area contributed by atoms with Crippen LogP contribution >= 0.6 is 12.4 Å². The van der Waals surface area contributed by atoms with Crippen LogP contribution < -0.4 is 5.73 Å². The number of nitrogens with two attached hydrogens (primary N) is 1. The highest BCUT2D eigenvalue weighted by Crippen LogP contribution is 2.13. The molecule has 0 saturated heterocycles. The predicted octanol–water partition coefficient (Wildman–Crippen LogP) is 1.65. The first-order valence-corrected chi connectivity index (χ1v) is 4.11. The fourth-order valence-electron chi connectivity index (χ4n) is 1.21. The van der Waals surface area contributed by atoms with Crippen molar-refractivity contribution in [2.24, 2.45) is 11.7 Å². The van der Waals surface area contributed by atoms with E-state index in [-0.39, 0.29) is 18.3 Å². The van der Waals surface area contributed by atoms with Crippen molar-refractivity contribution in [3.8, 4) is 0 Å². The van der Waals surface area contributed by atoms with Crippen LogP contribution in [0.15, 0.2) is 0 Å². The van der Waals surface area contributed by atoms with Gasteiger partial charge in [-0.15, -0.1) is 12.4 Å². The summed E-state index contributed by atoms with van der Waals surface area (Å²) in [6.07, 6.45) is 2.75. The largest absolute Gasteiger partial charge is 0.480 e. The zero-order valence-electron chi connectivity index (χ0n) is 7.62. The molecule has 0 saturated carbocycles. The van der Waals surface area contributed by atoms with Gasteiger partial charge in [-0.05, 0) is 12.3 Å². The molecule has 0 aromatic carbocycles. The number of carboxylic acid groups (broad SMARTS) is 1. The SMILES string of the molecule is CCCC(CC)C(N)C(=O)O.Cl. The highest BCUT2D eigenvalue weighted by Gasteiger charge is 2.21. The monoisotopic (exact) mass is 195 g/mol. The Morgan fingerprint density at radius 1 is 1.50 bits per heavy atom. The molecule has 0 heterocycles. The highest BCUT2D eigenvalue weighted by molar-refractivity contribution is 5.85. The Morgan fingerprint density at radius 2 is 2.00 bits per heavy atom. The summed E-state index contributed by atoms with van der Waals surface area (Å²) in [7, 11) is 0. The van der Waals surface area contributed by atoms with Crippen molar-refractivity contribution in [3.63, 3.8) is 0 Å². The van der Waals surface area contributed by atoms with Gasteiger partial charge in [0.1, 0.15) is 6.04 Å². The summed E-state index contributed by atoms with van der Waals surface area (Å²) in [5.41, 5.74) is 5.46. The fourth-order valence-corrected chi connectivity index (χ4v) is 1.21. The van der Waals surface area contributed by atoms with Gasteiger partial charge in [0.15, 0.2) is 0 Å². The summed E-state index contributed by atoms with van der Waals surface area (Å²) in [4.78, 5) is 10.4. The lowest BCUT2D eigenvalue weighted by atomic mass is 9.93. The molecule has 4 heteroatoms. The summed E-state index contributed by atoms with van der Waals surface area (Å²) in [5, 5.41) is 8.59. The molecule has 3 nitrogen and oxygen atoms in total. The van der Waals surface area contributed by atoms with Crippen LogP contribution in [-0.2, 0) is 4.79 Å². The molecule has 0 radical (unpaired) electrons. The zero-order chi connectivity index (χ0) is 8.85. The van der Waals surface area contributed by atoms with Crippen molar-refractivity contribution >= 4 is 18.4 Å². The maximum atomic E-state index is 10.4. The van der Waals surface area contributed by atoms with Crippen molar-refractivity contribution in [1.82, 2.24) is 0 Å². The summed E-state index contributed by atoms with van der Waals surface area (Å²) in [6.45, 7) is 4.01. The molecule has 0 aliphatic rings. The Hall–Kier alpha value is -0.280. The first-order chi connectivity index (χ1) is 5.13. The molecule has 0 fully saturated rings. The molecule has 0 bridgehead atoms. The van der Waals surface area contributed by atoms with Gasteiger partial charge in [-0.25, -0.2) is 0 Å². The van der Waals surface area contributed by atoms with E-state index in [1.807, 2.05) is 13.8 Å². The van der Waals surface area contributed by atoms with Crippen LogP contribution in [0.4, 0.5) is 0 Å². The lowest BCUT2D eigenvalue weighted by Gasteiger charge is -2.17. The van der Waals surface area contributed by atoms with Crippen LogP contribution in [0.5, 0.6) is 0 Å². The number of aliphatic carboxylic acids is 1. The van der Waals surface area contributed by atoms with E-state index in [1.165, 1.54) is 0 Å². The molecule has 12 heavy (non-hydrogen) atoms. The molecule has 2 unspecified atom stereocenters. The molecule has 3 N–H and O–H groups in total. The number of hydrogen-bond acceptors (Lipinski definition) is 2. The van der Waals surface area contributed by atoms with E-state index < -0.39 is 12.0 Å². The van der Waals surface area contributed by atoms with Crippen LogP contribution in [0.2, 0.25) is 0 Å². The van der Waals surface area contributed by atoms with Gasteiger partial charge in [0.25, 0.3) is 0 Å². The number of rotatable bonds is 5. The molecular formula is C8H18ClNO2. The summed E-state index contributed by atoms with van der Waals surface area (Å²) >= 11 is 0. The third kappa shape index (κ3) is 4.57. The number of hydrogen-bond donors (Lipinski definition) is 2. The Labute approximate surface area is 79.7 Å². The summed E-state index contributed by atoms with van der Waals surface area (Å²) < 4.78 is 0. The second kappa shape index (κ2) is 7.37. The molecule has 2 atom stereocenters. The minimum atomic E-state index is -0.884. The topological polar surface area (TPSA) is 63.3 Å². The molecule has 74 valence electrons. The van der Waals surface area contributed by atoms with Gasteiger partial charge < -0.3 is 10.8 Å². The minimum absolute atomic E-state index is 0. The van der Waals surface area contributed by atoms with Crippen LogP contribution in [-0.4, -0.2) is 17.1 Å². The van der Waals surface area contributed by atoms with E-state index in [0.717, 1.165) is 19.3 Å². The Balaban J connectivity index is 0. The molecule has 0 aliphatic heterocycles. The van der Waals surface area contributed by atoms with Gasteiger partial charge in [0.05, 0.1) is 0 Å². The van der Waals surface area contributed by atoms with Crippen LogP contribution in [0, 0.1) is 5.92 Å². The second-order valence-electron chi connectivity index (χ2n) is 2.82. The van der Waals surface area contributed by atoms with E-state index in [9.17, 15) is 4.79 Å². The summed E-state index contributed by atoms with van der Waals surface area (Å²) in [6, 6.07) is -0.681. The molecule has 0 rings (SSSR count). The third-order valence-corrected chi connectivity index (χ3v) is 1.98. The Kier molecular flexibility index (Phi) is 8.76. The molecule has 0 aromatic rings. The van der Waals surface area contributed by atoms with E-state index in [0.29, 0.717) is 0 Å². The van der Waals surface area contributed by atoms with Crippen LogP contribution in [0.3, 0.4) is 0 Å². The Morgan fingerprint density at radius 3 is 2.25 bits per heavy atom. The molecule has 0 aliphatic carbocycles. The fraction of sp³-hybridized carbons (Fsp3) is 0.875. The normalized spacial score (nSPS) is 14.6. The number of halogens is 1. The van der Waals surface area contributed by atoms with Crippen molar-refractivity contribution in [2.45, 2.75) is 39.2 Å². The maximum absolute atomic E-state index is 10.4. The van der Waals surface area contributed by atoms with E-state index in [4.69, 9.17) is 10.8 Å². The average Bonchev–Trinajstić information content (AvgIpc) is 1.98. The standard InChI is InChI=1S/C8H17NO2.ClH/c1-3-5-6(4-2)7(9)8(10)11;/h6-7H,3-5,9H2,1-2H3,(H,10,11);1H. The van der Waals surface area contributed by atoms with Crippen LogP contribution in [0.1, 0.15) is 33.1 Å². The van der Waals surface area contributed by atoms with Crippen molar-refractivity contribution in [1.29, 1.82) is 0 Å². The van der Waals surface area contributed by atoms with Crippen molar-refractivity contribution < 1.29 is 9.90 Å². The van der Waals surface area contributed by atoms with Crippen molar-refractivity contribution in [3.05, 3.63) is 0 Å². The lowest BCUT2D eigenvalue weighted by molar-refractivity contribution is -0.140. The van der Waals surface area contributed by atoms with Gasteiger partial charge in [0.2, 0.25) is 0 Å². The molecule has 0 aromatic heterocycles. The van der Waals surface area contributed by atoms with Crippen molar-refractivity contribution in [2.75, 3.05) is 0 Å². The number of carbonyl (C=O) groups is 1. The second-order valence-corrected chi connectivity index (χ2v) is 2.82. The van der Waals surface area contributed by atoms with E-state index in [1.54, 1.807) is 0 Å². The Bertz CT molecular complexity index is 130. The molecule has 0 amide bonds. The van der Waals surface area contributed by atoms with Gasteiger partial charge in [-0.1, -0.05) is 26.7 Å². The van der Waals surface area contributed by atoms with E-state index in [2.05, 4.69) is 0 Å². The first kappa shape index (κ1) is 14.3. The third-order valence-electron chi connectivity index (χ3n) is 1.98. The maximum Gasteiger partial charge on any atom is 0.320 e. The molecule has 0 spiro atoms. The molecular weight excluding hydrogens is 178 g/mol. The summed E-state index contributed by atoms with van der Waals surface area (Å²) in [5.74, 6) is -0.747. The zero-order valence-corrected chi connectivity index (χ0v) is 8.43. The van der Waals surface area contributed by atoms with Gasteiger partial charge in [-0.2, -0.15) is 0 Å². The highest BCUT2D eigenvalue weighted by atomic mass is 35.5. The number of carboxylic acids is 1. The van der Waals surface area contributed by atoms with Crippen LogP contribution in [0.25, 0.3) is 0 Å². The first-order valence-electron chi connectivity index (χ1n) is 4.11. The van der Waals surface area contributed by atoms with Gasteiger partial charge >= 0.3 is 5.97 Å². The minimum Gasteiger partial charge on any atom is -0.480 e. The smallest absolute Gasteiger partial charge is 0.320 e. The van der Waals surface area contributed by atoms with Gasteiger partial charge in [-0.3, -0.25) is 4.79 Å². The van der Waals surface area contributed by atoms with Gasteiger partial charge in [0, 0.05) is 0 Å². The lowest BCUT2D eigenvalue weighted by Crippen LogP contribution is -2.37. The predicted molar refractivity (Wildman–Crippen MR) is 51.5 cm³/mol. The quantitative estimate of drug-likeness (QED) is 0.701. The average molecular weight is 196 g/mol. The van der Waals surface area contributed by atoms with E-state index >= 15 is 0 Å².